The van der Waals surface area contributed by atoms with E-state index in [2.05, 4.69) is 577 Å². The van der Waals surface area contributed by atoms with Crippen molar-refractivity contribution in [3.63, 3.8) is 0 Å². The number of hydrogen-bond acceptors (Lipinski definition) is 4. The molecule has 0 atom stereocenters. The number of hydrogen-bond donors (Lipinski definition) is 4. The quantitative estimate of drug-likeness (QED) is 0.122. The van der Waals surface area contributed by atoms with Crippen molar-refractivity contribution in [3.8, 4) is 0 Å². The van der Waals surface area contributed by atoms with Crippen molar-refractivity contribution < 1.29 is 9.53 Å². The van der Waals surface area contributed by atoms with Gasteiger partial charge < -0.3 is 47.5 Å². The first kappa shape index (κ1) is 125. The first-order chi connectivity index (χ1) is 67.5. The van der Waals surface area contributed by atoms with Crippen molar-refractivity contribution >= 4 is 52.0 Å². The van der Waals surface area contributed by atoms with Crippen LogP contribution in [0.15, 0.2) is 193 Å². The number of aromatic nitrogens is 10. The second kappa shape index (κ2) is 49.6. The van der Waals surface area contributed by atoms with Crippen molar-refractivity contribution in [2.24, 2.45) is 40.2 Å². The number of benzene rings is 4. The van der Waals surface area contributed by atoms with Crippen LogP contribution in [-0.2, 0) is 129 Å². The van der Waals surface area contributed by atoms with E-state index in [9.17, 15) is 4.79 Å². The average Bonchev–Trinajstić information content (AvgIpc) is 1.64. The first-order valence-electron chi connectivity index (χ1n) is 53.8. The number of aliphatic imine (C=N–C) groups is 1. The molecule has 3 aliphatic rings. The molecular weight excluding hydrogens is 1810 g/mol. The maximum atomic E-state index is 11.5. The fourth-order valence-electron chi connectivity index (χ4n) is 18.1. The summed E-state index contributed by atoms with van der Waals surface area (Å²) in [5.41, 5.74) is 44.9. The lowest BCUT2D eigenvalue weighted by molar-refractivity contribution is -0.136. The molecule has 0 saturated heterocycles. The van der Waals surface area contributed by atoms with Gasteiger partial charge in [0.25, 0.3) is 0 Å². The molecule has 4 aromatic carbocycles. The van der Waals surface area contributed by atoms with Gasteiger partial charge in [-0.15, -0.1) is 0 Å². The third-order valence-electron chi connectivity index (χ3n) is 28.0. The van der Waals surface area contributed by atoms with Crippen LogP contribution >= 0.6 is 0 Å². The average molecular weight is 2010 g/mol. The normalized spacial score (nSPS) is 12.9. The molecule has 11 heterocycles. The molecule has 0 fully saturated rings. The van der Waals surface area contributed by atoms with Gasteiger partial charge in [0.2, 0.25) is 0 Å². The van der Waals surface area contributed by atoms with Crippen molar-refractivity contribution in [2.75, 3.05) is 7.11 Å². The number of aryl methyl sites for hydroxylation is 11. The van der Waals surface area contributed by atoms with E-state index in [0.717, 1.165) is 29.6 Å². The van der Waals surface area contributed by atoms with Gasteiger partial charge in [-0.3, -0.25) is 4.99 Å². The number of carbonyl (C=O) groups is 1. The highest BCUT2D eigenvalue weighted by molar-refractivity contribution is 5.96. The van der Waals surface area contributed by atoms with E-state index in [0.29, 0.717) is 6.42 Å². The standard InChI is InChI=1S/C15H18O2.C14H19N.C14H18.C12H15N.C11H14N2.C11H19N.4C10H17N.2C9H15N/c1-15(2,3)13-6-5-10-7-12(14(16)17-4)8-11(10)9-13;1-10-8-11-6-7-12(14(2,3)4)9-13(11)15(10)5;1-10-7-11-5-6-13(14(2,3)4)9-12(11)8-10;1-12(2,3)10-6-4-5-9-7-8-13-11(9)10;1-11(2,3)9-5-7-13-10-8(9)4-6-12-10;1-8-7-10(11(3,4)5)12(6)9(8)2;1-8-6-9(10(2,3)4)11(5)7-8;2*1-8-6-7-9(11(8)5)10(2,3)4;1-7-6-9(10(3,4)5)11-8(7)2;1-7-5-8(10-6-7)9(2,3)4;1-7-5-6-8(10-7)9(2,3)4/h5-7,9H,8H2,1-4H3;6-9H,1-5H3;5-7,9H,8H2,1-4H3;4-6,8H,7H2,1-3H3;4-7H,1-3H3,(H,12,13);7H,1-6H3;3*6-7H,1-5H3;6,11H,1-5H3;2*5-6,10H,1-4H3. The van der Waals surface area contributed by atoms with Crippen molar-refractivity contribution in [1.29, 1.82) is 0 Å². The molecule has 10 aromatic heterocycles. The summed E-state index contributed by atoms with van der Waals surface area (Å²) in [7, 11) is 12.0. The Morgan fingerprint density at radius 2 is 0.865 bits per heavy atom. The van der Waals surface area contributed by atoms with Crippen LogP contribution in [0.25, 0.3) is 34.1 Å². The van der Waals surface area contributed by atoms with E-state index in [1.54, 1.807) is 0 Å². The Labute approximate surface area is 899 Å². The Balaban J connectivity index is 0.000000247. The molecule has 808 valence electrons. The van der Waals surface area contributed by atoms with Gasteiger partial charge >= 0.3 is 5.97 Å². The van der Waals surface area contributed by atoms with E-state index in [1.165, 1.54) is 181 Å². The second-order valence-electron chi connectivity index (χ2n) is 54.2. The van der Waals surface area contributed by atoms with E-state index in [-0.39, 0.29) is 70.9 Å². The molecule has 0 spiro atoms. The molecule has 0 saturated carbocycles. The van der Waals surface area contributed by atoms with Crippen LogP contribution in [0.3, 0.4) is 0 Å². The van der Waals surface area contributed by atoms with Gasteiger partial charge in [0.05, 0.1) is 12.8 Å². The molecule has 0 radical (unpaired) electrons. The Kier molecular flexibility index (Phi) is 42.0. The number of nitrogens with one attached hydrogen (secondary N) is 4. The van der Waals surface area contributed by atoms with Crippen LogP contribution in [0.4, 0.5) is 5.69 Å². The lowest BCUT2D eigenvalue weighted by Crippen LogP contribution is -2.16. The fourth-order valence-corrected chi connectivity index (χ4v) is 18.1. The number of pyridine rings is 1. The summed E-state index contributed by atoms with van der Waals surface area (Å²) in [6, 6.07) is 54.9. The fraction of sp³-hybridized carbons (Fsp3) is 0.504. The van der Waals surface area contributed by atoms with Gasteiger partial charge in [0.1, 0.15) is 5.65 Å². The summed E-state index contributed by atoms with van der Waals surface area (Å²) in [6.07, 6.45) is 17.0. The van der Waals surface area contributed by atoms with Gasteiger partial charge in [-0.2, -0.15) is 0 Å². The van der Waals surface area contributed by atoms with E-state index >= 15 is 0 Å². The molecule has 13 heteroatoms. The van der Waals surface area contributed by atoms with Gasteiger partial charge in [-0.1, -0.05) is 328 Å². The second-order valence-corrected chi connectivity index (χ2v) is 54.2. The van der Waals surface area contributed by atoms with Crippen LogP contribution in [0.5, 0.6) is 0 Å². The summed E-state index contributed by atoms with van der Waals surface area (Å²) in [5.74, 6) is -0.224. The van der Waals surface area contributed by atoms with Crippen LogP contribution < -0.4 is 0 Å². The highest BCUT2D eigenvalue weighted by atomic mass is 16.5. The molecule has 0 unspecified atom stereocenters. The van der Waals surface area contributed by atoms with Crippen LogP contribution in [-0.4, -0.2) is 67.0 Å². The minimum absolute atomic E-state index is 0.142. The number of ether oxygens (including phenoxy) is 1. The monoisotopic (exact) mass is 2010 g/mol. The van der Waals surface area contributed by atoms with Crippen molar-refractivity contribution in [2.45, 2.75) is 410 Å². The summed E-state index contributed by atoms with van der Waals surface area (Å²) in [5, 5.41) is 2.57. The smallest absolute Gasteiger partial charge is 0.334 e. The summed E-state index contributed by atoms with van der Waals surface area (Å²) >= 11 is 0. The third kappa shape index (κ3) is 36.3. The topological polar surface area (TPSA) is 139 Å². The van der Waals surface area contributed by atoms with E-state index < -0.39 is 0 Å². The summed E-state index contributed by atoms with van der Waals surface area (Å²) in [6.45, 7) is 104. The number of rotatable bonds is 1. The number of aromatic amines is 4. The number of allylic oxidation sites excluding steroid dienone is 1. The summed E-state index contributed by atoms with van der Waals surface area (Å²) in [4.78, 5) is 33.2. The maximum Gasteiger partial charge on any atom is 0.334 e. The SMILES string of the molecule is CC(C)(C)c1cccc2c1N=CC2.CC(C)(C)c1ccnc2[nH]ccc12.CC1=Cc2ccc(C(C)(C)C)cc2C1.COC(=O)C1=Cc2ccc(C(C)(C)C)cc2C1.Cc1c[nH]c(C(C)(C)C)c1.Cc1cc(C(C)(C)C)[nH]c1C.Cc1cc(C(C)(C)C)n(C)c1.Cc1cc(C(C)(C)C)n(C)c1C.Cc1cc2ccc(C(C)(C)C)cc2n1C.Cc1ccc(C(C)(C)C)[nH]1.Cc1ccc(C(C)(C)C)n1C.Cc1ccc(C(C)(C)C)n1C. The lowest BCUT2D eigenvalue weighted by Gasteiger charge is -2.21. The largest absolute Gasteiger partial charge is 0.466 e. The minimum Gasteiger partial charge on any atom is -0.466 e. The highest BCUT2D eigenvalue weighted by Gasteiger charge is 2.29. The molecule has 14 aromatic rings. The molecule has 17 rings (SSSR count). The van der Waals surface area contributed by atoms with Gasteiger partial charge in [-0.05, 0) is 284 Å². The highest BCUT2D eigenvalue weighted by Crippen LogP contribution is 2.40. The third-order valence-corrected chi connectivity index (χ3v) is 28.0. The Bertz CT molecular complexity index is 6630. The van der Waals surface area contributed by atoms with E-state index in [4.69, 9.17) is 4.74 Å². The Hall–Kier alpha value is -11.3. The van der Waals surface area contributed by atoms with Crippen molar-refractivity contribution in [3.05, 3.63) is 340 Å². The molecule has 148 heavy (non-hydrogen) atoms. The molecular formula is C135H201N11O2. The number of methoxy groups -OCH3 is 1. The number of para-hydroxylation sites is 1. The molecule has 13 nitrogen and oxygen atoms in total. The number of nitrogens with zero attached hydrogens (tertiary/aromatic N) is 7. The first-order valence-corrected chi connectivity index (χ1v) is 53.8. The molecule has 2 aliphatic carbocycles. The number of esters is 1. The zero-order valence-electron chi connectivity index (χ0n) is 103. The maximum absolute atomic E-state index is 11.5. The number of H-pyrrole nitrogens is 4. The van der Waals surface area contributed by atoms with Crippen LogP contribution in [0.1, 0.15) is 408 Å². The van der Waals surface area contributed by atoms with Crippen LogP contribution in [0, 0.1) is 69.2 Å². The molecule has 1 aliphatic heterocycles. The van der Waals surface area contributed by atoms with E-state index in [1.807, 2.05) is 30.9 Å². The summed E-state index contributed by atoms with van der Waals surface area (Å²) < 4.78 is 16.0. The minimum atomic E-state index is -0.224. The molecule has 0 amide bonds. The number of carbonyl (C=O) groups excluding carboxylic acids is 1. The molecule has 0 bridgehead atoms. The molecule has 4 N–H and O–H groups in total. The predicted octanol–water partition coefficient (Wildman–Crippen LogP) is 35.9. The lowest BCUT2D eigenvalue weighted by atomic mass is 9.85. The van der Waals surface area contributed by atoms with Gasteiger partial charge in [0, 0.05) is 207 Å². The Morgan fingerprint density at radius 3 is 1.23 bits per heavy atom. The van der Waals surface area contributed by atoms with Gasteiger partial charge in [-0.25, -0.2) is 9.78 Å². The zero-order chi connectivity index (χ0) is 113. The van der Waals surface area contributed by atoms with Crippen molar-refractivity contribution in [1.82, 2.24) is 47.8 Å². The van der Waals surface area contributed by atoms with Gasteiger partial charge in [0.15, 0.2) is 0 Å². The predicted molar refractivity (Wildman–Crippen MR) is 647 cm³/mol. The van der Waals surface area contributed by atoms with Crippen LogP contribution in [0.2, 0.25) is 0 Å². The number of fused-ring (bicyclic) bond motifs is 5. The Morgan fingerprint density at radius 1 is 0.372 bits per heavy atom. The zero-order valence-corrected chi connectivity index (χ0v) is 103.